The summed E-state index contributed by atoms with van der Waals surface area (Å²) >= 11 is 0. The van der Waals surface area contributed by atoms with Gasteiger partial charge in [0, 0.05) is 5.56 Å². The van der Waals surface area contributed by atoms with Crippen molar-refractivity contribution in [2.24, 2.45) is 0 Å². The lowest BCUT2D eigenvalue weighted by molar-refractivity contribution is -0.00785. The summed E-state index contributed by atoms with van der Waals surface area (Å²) in [6, 6.07) is 7.13. The Hall–Kier alpha value is -1.40. The quantitative estimate of drug-likeness (QED) is 0.773. The van der Waals surface area contributed by atoms with E-state index in [9.17, 15) is 9.18 Å². The van der Waals surface area contributed by atoms with Crippen LogP contribution in [0.1, 0.15) is 31.1 Å². The highest BCUT2D eigenvalue weighted by Gasteiger charge is 2.42. The van der Waals surface area contributed by atoms with Gasteiger partial charge in [0.2, 0.25) is 0 Å². The van der Waals surface area contributed by atoms with Gasteiger partial charge in [-0.2, -0.15) is 0 Å². The first-order chi connectivity index (χ1) is 9.76. The van der Waals surface area contributed by atoms with Gasteiger partial charge in [0.1, 0.15) is 5.67 Å². The van der Waals surface area contributed by atoms with Crippen molar-refractivity contribution in [2.45, 2.75) is 32.0 Å². The van der Waals surface area contributed by atoms with E-state index < -0.39 is 5.67 Å². The third kappa shape index (κ3) is 2.96. The molecular formula is C15H19BFNO3. The van der Waals surface area contributed by atoms with Gasteiger partial charge in [-0.05, 0) is 38.4 Å². The van der Waals surface area contributed by atoms with Crippen molar-refractivity contribution >= 4 is 18.5 Å². The number of rotatable bonds is 2. The highest BCUT2D eigenvalue weighted by Crippen LogP contribution is 2.26. The fourth-order valence-corrected chi connectivity index (χ4v) is 2.66. The van der Waals surface area contributed by atoms with Gasteiger partial charge in [-0.3, -0.25) is 4.79 Å². The van der Waals surface area contributed by atoms with E-state index in [1.54, 1.807) is 12.1 Å². The molecule has 1 aromatic rings. The van der Waals surface area contributed by atoms with E-state index >= 15 is 0 Å². The molecule has 2 aliphatic heterocycles. The maximum absolute atomic E-state index is 13.4. The van der Waals surface area contributed by atoms with Crippen LogP contribution in [0, 0.1) is 0 Å². The number of likely N-dealkylation sites (tertiary alicyclic amines) is 1. The zero-order valence-electron chi connectivity index (χ0n) is 12.6. The molecule has 4 nitrogen and oxygen atoms in total. The smallest absolute Gasteiger partial charge is 0.404 e. The van der Waals surface area contributed by atoms with Crippen LogP contribution in [0.4, 0.5) is 4.39 Å². The largest absolute Gasteiger partial charge is 0.494 e. The summed E-state index contributed by atoms with van der Waals surface area (Å²) < 4.78 is 24.8. The second kappa shape index (κ2) is 4.82. The van der Waals surface area contributed by atoms with E-state index in [0.717, 1.165) is 5.46 Å². The second-order valence-electron chi connectivity index (χ2n) is 6.72. The Morgan fingerprint density at radius 2 is 1.86 bits per heavy atom. The topological polar surface area (TPSA) is 38.8 Å². The van der Waals surface area contributed by atoms with Gasteiger partial charge in [0.15, 0.2) is 0 Å². The fraction of sp³-hybridized carbons (Fsp3) is 0.533. The Labute approximate surface area is 124 Å². The minimum absolute atomic E-state index is 0.134. The van der Waals surface area contributed by atoms with Crippen LogP contribution in [0.25, 0.3) is 0 Å². The van der Waals surface area contributed by atoms with E-state index in [1.807, 2.05) is 26.0 Å². The van der Waals surface area contributed by atoms with Gasteiger partial charge in [-0.15, -0.1) is 0 Å². The van der Waals surface area contributed by atoms with E-state index in [4.69, 9.17) is 9.31 Å². The van der Waals surface area contributed by atoms with Crippen molar-refractivity contribution in [1.82, 2.24) is 4.90 Å². The Morgan fingerprint density at radius 3 is 2.33 bits per heavy atom. The van der Waals surface area contributed by atoms with Gasteiger partial charge >= 0.3 is 7.12 Å². The molecule has 0 N–H and O–H groups in total. The average molecular weight is 291 g/mol. The van der Waals surface area contributed by atoms with Crippen molar-refractivity contribution in [3.63, 3.8) is 0 Å². The summed E-state index contributed by atoms with van der Waals surface area (Å²) in [5.41, 5.74) is -0.0858. The molecule has 2 fully saturated rings. The molecule has 0 saturated carbocycles. The number of nitrogens with zero attached hydrogens (tertiary/aromatic N) is 1. The van der Waals surface area contributed by atoms with Crippen molar-refractivity contribution in [3.05, 3.63) is 29.8 Å². The first-order valence-electron chi connectivity index (χ1n) is 7.13. The molecular weight excluding hydrogens is 272 g/mol. The molecule has 1 amide bonds. The number of hydrogen-bond acceptors (Lipinski definition) is 3. The summed E-state index contributed by atoms with van der Waals surface area (Å²) in [7, 11) is -0.387. The number of carbonyl (C=O) groups is 1. The van der Waals surface area contributed by atoms with Crippen molar-refractivity contribution in [2.75, 3.05) is 19.7 Å². The van der Waals surface area contributed by atoms with Gasteiger partial charge in [0.05, 0.1) is 25.3 Å². The van der Waals surface area contributed by atoms with Crippen LogP contribution < -0.4 is 5.46 Å². The number of alkyl halides is 1. The molecule has 0 unspecified atom stereocenters. The van der Waals surface area contributed by atoms with Crippen molar-refractivity contribution in [3.8, 4) is 0 Å². The lowest BCUT2D eigenvalue weighted by atomic mass is 9.79. The number of amides is 1. The van der Waals surface area contributed by atoms with E-state index in [2.05, 4.69) is 0 Å². The molecule has 0 atom stereocenters. The monoisotopic (exact) mass is 291 g/mol. The molecule has 2 saturated heterocycles. The van der Waals surface area contributed by atoms with Crippen LogP contribution in [0.3, 0.4) is 0 Å². The van der Waals surface area contributed by atoms with Crippen LogP contribution in [0.15, 0.2) is 24.3 Å². The second-order valence-corrected chi connectivity index (χ2v) is 6.72. The normalized spacial score (nSPS) is 23.0. The van der Waals surface area contributed by atoms with E-state index in [-0.39, 0.29) is 31.7 Å². The standard InChI is InChI=1S/C15H19BFNO3/c1-14(2)10-20-16(21-14)12-6-4-11(5-7-12)13(19)18-8-15(3,17)9-18/h4-7H,8-10H2,1-3H3. The predicted molar refractivity (Wildman–Crippen MR) is 78.4 cm³/mol. The summed E-state index contributed by atoms with van der Waals surface area (Å²) in [5, 5.41) is 0. The zero-order chi connectivity index (χ0) is 15.3. The fourth-order valence-electron chi connectivity index (χ4n) is 2.66. The van der Waals surface area contributed by atoms with Crippen LogP contribution >= 0.6 is 0 Å². The molecule has 112 valence electrons. The highest BCUT2D eigenvalue weighted by molar-refractivity contribution is 6.61. The first-order valence-corrected chi connectivity index (χ1v) is 7.13. The molecule has 0 aromatic heterocycles. The van der Waals surface area contributed by atoms with Gasteiger partial charge < -0.3 is 14.2 Å². The molecule has 0 aliphatic carbocycles. The molecule has 2 heterocycles. The summed E-state index contributed by atoms with van der Waals surface area (Å²) in [4.78, 5) is 13.7. The zero-order valence-corrected chi connectivity index (χ0v) is 12.6. The van der Waals surface area contributed by atoms with Crippen LogP contribution in [-0.4, -0.2) is 48.9 Å². The summed E-state index contributed by atoms with van der Waals surface area (Å²) in [5.74, 6) is -0.134. The van der Waals surface area contributed by atoms with Gasteiger partial charge in [-0.25, -0.2) is 4.39 Å². The van der Waals surface area contributed by atoms with Gasteiger partial charge in [-0.1, -0.05) is 12.1 Å². The predicted octanol–water partition coefficient (Wildman–Crippen LogP) is 1.39. The molecule has 2 aliphatic rings. The molecule has 0 bridgehead atoms. The molecule has 21 heavy (non-hydrogen) atoms. The third-order valence-electron chi connectivity index (χ3n) is 3.77. The van der Waals surface area contributed by atoms with Gasteiger partial charge in [0.25, 0.3) is 5.91 Å². The number of hydrogen-bond donors (Lipinski definition) is 0. The maximum Gasteiger partial charge on any atom is 0.494 e. The minimum Gasteiger partial charge on any atom is -0.404 e. The van der Waals surface area contributed by atoms with Crippen molar-refractivity contribution < 1.29 is 18.5 Å². The molecule has 6 heteroatoms. The minimum atomic E-state index is -1.24. The van der Waals surface area contributed by atoms with Crippen LogP contribution in [0.2, 0.25) is 0 Å². The summed E-state index contributed by atoms with van der Waals surface area (Å²) in [6.07, 6.45) is 0. The number of benzene rings is 1. The molecule has 3 rings (SSSR count). The lowest BCUT2D eigenvalue weighted by Crippen LogP contribution is -2.59. The Kier molecular flexibility index (Phi) is 3.33. The highest BCUT2D eigenvalue weighted by atomic mass is 19.1. The Bertz CT molecular complexity index is 551. The molecule has 0 spiro atoms. The van der Waals surface area contributed by atoms with Crippen LogP contribution in [0.5, 0.6) is 0 Å². The average Bonchev–Trinajstić information content (AvgIpc) is 2.76. The first kappa shape index (κ1) is 14.5. The Balaban J connectivity index is 1.66. The SMILES string of the molecule is CC1(F)CN(C(=O)c2ccc(B3OCC(C)(C)O3)cc2)C1. The number of halogens is 1. The maximum atomic E-state index is 13.4. The van der Waals surface area contributed by atoms with Crippen LogP contribution in [-0.2, 0) is 9.31 Å². The van der Waals surface area contributed by atoms with E-state index in [1.165, 1.54) is 11.8 Å². The Morgan fingerprint density at radius 1 is 1.24 bits per heavy atom. The number of carbonyl (C=O) groups excluding carboxylic acids is 1. The molecule has 1 aromatic carbocycles. The van der Waals surface area contributed by atoms with E-state index in [0.29, 0.717) is 12.2 Å². The third-order valence-corrected chi connectivity index (χ3v) is 3.77. The summed E-state index contributed by atoms with van der Waals surface area (Å²) in [6.45, 7) is 6.33. The van der Waals surface area contributed by atoms with Crippen molar-refractivity contribution in [1.29, 1.82) is 0 Å². The lowest BCUT2D eigenvalue weighted by Gasteiger charge is -2.42. The molecule has 0 radical (unpaired) electrons.